The predicted octanol–water partition coefficient (Wildman–Crippen LogP) is 5.41. The van der Waals surface area contributed by atoms with Gasteiger partial charge in [-0.3, -0.25) is 9.59 Å². The van der Waals surface area contributed by atoms with Crippen LogP contribution in [0.25, 0.3) is 0 Å². The summed E-state index contributed by atoms with van der Waals surface area (Å²) in [5.74, 6) is -0.0231. The van der Waals surface area contributed by atoms with E-state index in [0.717, 1.165) is 25.7 Å². The topological polar surface area (TPSA) is 130 Å². The van der Waals surface area contributed by atoms with Crippen molar-refractivity contribution in [2.75, 3.05) is 17.2 Å². The van der Waals surface area contributed by atoms with E-state index >= 15 is 0 Å². The predicted molar refractivity (Wildman–Crippen MR) is 134 cm³/mol. The van der Waals surface area contributed by atoms with Crippen molar-refractivity contribution in [3.8, 4) is 6.07 Å². The molecule has 1 aromatic heterocycles. The van der Waals surface area contributed by atoms with Crippen LogP contribution in [0.15, 0.2) is 52.9 Å². The molecule has 36 heavy (non-hydrogen) atoms. The van der Waals surface area contributed by atoms with Crippen LogP contribution in [-0.2, 0) is 9.53 Å². The Balaban J connectivity index is 1.29. The van der Waals surface area contributed by atoms with Crippen molar-refractivity contribution >= 4 is 29.3 Å². The number of esters is 1. The first-order valence-corrected chi connectivity index (χ1v) is 12.2. The summed E-state index contributed by atoms with van der Waals surface area (Å²) < 4.78 is 10.6. The van der Waals surface area contributed by atoms with E-state index in [2.05, 4.69) is 20.8 Å². The third-order valence-corrected chi connectivity index (χ3v) is 6.66. The molecule has 1 heterocycles. The number of ether oxygens (including phenoxy) is 1. The van der Waals surface area contributed by atoms with Gasteiger partial charge in [-0.05, 0) is 86.4 Å². The number of amides is 1. The Morgan fingerprint density at radius 2 is 1.72 bits per heavy atom. The summed E-state index contributed by atoms with van der Waals surface area (Å²) in [6, 6.07) is 16.6. The highest BCUT2D eigenvalue weighted by atomic mass is 16.5. The molecule has 186 valence electrons. The summed E-state index contributed by atoms with van der Waals surface area (Å²) >= 11 is 0. The second-order valence-electron chi connectivity index (χ2n) is 8.96. The number of nitriles is 1. The number of hydrogen-bond donors (Lipinski definition) is 2. The lowest BCUT2D eigenvalue weighted by atomic mass is 9.74. The number of benzene rings is 2. The third-order valence-electron chi connectivity index (χ3n) is 6.66. The Labute approximate surface area is 209 Å². The Morgan fingerprint density at radius 1 is 1.06 bits per heavy atom. The van der Waals surface area contributed by atoms with Gasteiger partial charge in [-0.1, -0.05) is 24.2 Å². The SMILES string of the molecule is CCOC(=O)[C@H](C)C1CCC(c2ccc(NC(=O)c3nnc(Nc4ccc(C#N)cc4)o3)cc2)CC1. The van der Waals surface area contributed by atoms with Crippen LogP contribution < -0.4 is 10.6 Å². The van der Waals surface area contributed by atoms with E-state index in [9.17, 15) is 9.59 Å². The molecule has 4 rings (SSSR count). The first-order chi connectivity index (χ1) is 17.5. The van der Waals surface area contributed by atoms with Gasteiger partial charge in [0.05, 0.1) is 24.2 Å². The van der Waals surface area contributed by atoms with E-state index in [1.54, 1.807) is 24.3 Å². The van der Waals surface area contributed by atoms with Crippen molar-refractivity contribution in [3.05, 3.63) is 65.5 Å². The lowest BCUT2D eigenvalue weighted by molar-refractivity contribution is -0.149. The van der Waals surface area contributed by atoms with Gasteiger partial charge in [0.1, 0.15) is 0 Å². The number of rotatable bonds is 8. The smallest absolute Gasteiger partial charge is 0.320 e. The number of nitrogens with zero attached hydrogens (tertiary/aromatic N) is 3. The van der Waals surface area contributed by atoms with Crippen LogP contribution in [0.4, 0.5) is 17.4 Å². The van der Waals surface area contributed by atoms with Crippen LogP contribution in [0, 0.1) is 23.2 Å². The monoisotopic (exact) mass is 487 g/mol. The molecule has 2 N–H and O–H groups in total. The molecule has 1 amide bonds. The van der Waals surface area contributed by atoms with Crippen molar-refractivity contribution in [2.45, 2.75) is 45.4 Å². The number of nitrogens with one attached hydrogen (secondary N) is 2. The second-order valence-corrected chi connectivity index (χ2v) is 8.96. The summed E-state index contributed by atoms with van der Waals surface area (Å²) in [7, 11) is 0. The van der Waals surface area contributed by atoms with Gasteiger partial charge in [-0.2, -0.15) is 5.26 Å². The van der Waals surface area contributed by atoms with Crippen LogP contribution in [0.1, 0.15) is 67.3 Å². The zero-order valence-corrected chi connectivity index (χ0v) is 20.4. The molecular weight excluding hydrogens is 458 g/mol. The Hall–Kier alpha value is -4.19. The molecule has 0 radical (unpaired) electrons. The van der Waals surface area contributed by atoms with E-state index in [-0.39, 0.29) is 23.8 Å². The molecule has 1 saturated carbocycles. The van der Waals surface area contributed by atoms with Gasteiger partial charge in [0.25, 0.3) is 0 Å². The molecule has 0 aliphatic heterocycles. The standard InChI is InChI=1S/C27H29N5O4/c1-3-35-26(34)17(2)19-6-8-20(9-7-19)21-10-14-22(15-11-21)29-24(33)25-31-32-27(36-25)30-23-12-4-18(16-28)5-13-23/h4-5,10-15,17,19-20H,3,6-9H2,1-2H3,(H,29,33)(H,30,32)/t17-,19?,20?/m1/s1. The molecule has 9 nitrogen and oxygen atoms in total. The highest BCUT2D eigenvalue weighted by Gasteiger charge is 2.30. The normalized spacial score (nSPS) is 18.0. The zero-order chi connectivity index (χ0) is 25.5. The van der Waals surface area contributed by atoms with Crippen molar-refractivity contribution < 1.29 is 18.7 Å². The molecule has 0 spiro atoms. The lowest BCUT2D eigenvalue weighted by Crippen LogP contribution is -2.26. The number of hydrogen-bond acceptors (Lipinski definition) is 8. The fraction of sp³-hybridized carbons (Fsp3) is 0.370. The maximum Gasteiger partial charge on any atom is 0.320 e. The minimum Gasteiger partial charge on any atom is -0.466 e. The Morgan fingerprint density at radius 3 is 2.36 bits per heavy atom. The fourth-order valence-corrected chi connectivity index (χ4v) is 4.56. The fourth-order valence-electron chi connectivity index (χ4n) is 4.56. The average molecular weight is 488 g/mol. The molecule has 0 saturated heterocycles. The van der Waals surface area contributed by atoms with Gasteiger partial charge in [0, 0.05) is 11.4 Å². The van der Waals surface area contributed by atoms with E-state index < -0.39 is 5.91 Å². The number of aromatic nitrogens is 2. The molecule has 1 fully saturated rings. The highest BCUT2D eigenvalue weighted by molar-refractivity contribution is 6.00. The van der Waals surface area contributed by atoms with Crippen molar-refractivity contribution in [1.82, 2.24) is 10.2 Å². The zero-order valence-electron chi connectivity index (χ0n) is 20.4. The minimum atomic E-state index is -0.503. The summed E-state index contributed by atoms with van der Waals surface area (Å²) in [6.45, 7) is 4.23. The maximum absolute atomic E-state index is 12.5. The lowest BCUT2D eigenvalue weighted by Gasteiger charge is -2.31. The quantitative estimate of drug-likeness (QED) is 0.403. The van der Waals surface area contributed by atoms with Crippen LogP contribution >= 0.6 is 0 Å². The molecule has 0 unspecified atom stereocenters. The average Bonchev–Trinajstić information content (AvgIpc) is 3.38. The van der Waals surface area contributed by atoms with Crippen molar-refractivity contribution in [1.29, 1.82) is 5.26 Å². The number of anilines is 3. The molecular formula is C27H29N5O4. The maximum atomic E-state index is 12.5. The Kier molecular flexibility index (Phi) is 7.95. The summed E-state index contributed by atoms with van der Waals surface area (Å²) in [5.41, 5.74) is 3.05. The van der Waals surface area contributed by atoms with Crippen LogP contribution in [0.2, 0.25) is 0 Å². The Bertz CT molecular complexity index is 1220. The molecule has 0 bridgehead atoms. The van der Waals surface area contributed by atoms with Gasteiger partial charge in [-0.15, -0.1) is 5.10 Å². The highest BCUT2D eigenvalue weighted by Crippen LogP contribution is 2.39. The largest absolute Gasteiger partial charge is 0.466 e. The molecule has 2 aromatic carbocycles. The van der Waals surface area contributed by atoms with Gasteiger partial charge in [-0.25, -0.2) is 0 Å². The van der Waals surface area contributed by atoms with E-state index in [4.69, 9.17) is 14.4 Å². The van der Waals surface area contributed by atoms with Crippen molar-refractivity contribution in [2.24, 2.45) is 11.8 Å². The third kappa shape index (κ3) is 6.08. The van der Waals surface area contributed by atoms with E-state index in [1.165, 1.54) is 5.56 Å². The second kappa shape index (κ2) is 11.5. The minimum absolute atomic E-state index is 0.0620. The summed E-state index contributed by atoms with van der Waals surface area (Å²) in [4.78, 5) is 24.6. The molecule has 1 atom stereocenters. The summed E-state index contributed by atoms with van der Waals surface area (Å²) in [5, 5.41) is 22.2. The summed E-state index contributed by atoms with van der Waals surface area (Å²) in [6.07, 6.45) is 4.05. The molecule has 1 aliphatic carbocycles. The number of carbonyl (C=O) groups is 2. The number of carbonyl (C=O) groups excluding carboxylic acids is 2. The van der Waals surface area contributed by atoms with Gasteiger partial charge in [0.2, 0.25) is 0 Å². The first kappa shape index (κ1) is 24.9. The van der Waals surface area contributed by atoms with Crippen LogP contribution in [0.5, 0.6) is 0 Å². The molecule has 1 aliphatic rings. The van der Waals surface area contributed by atoms with Gasteiger partial charge < -0.3 is 19.8 Å². The van der Waals surface area contributed by atoms with E-state index in [0.29, 0.717) is 35.4 Å². The van der Waals surface area contributed by atoms with Gasteiger partial charge in [0.15, 0.2) is 0 Å². The van der Waals surface area contributed by atoms with Crippen LogP contribution in [0.3, 0.4) is 0 Å². The van der Waals surface area contributed by atoms with Gasteiger partial charge >= 0.3 is 23.8 Å². The molecule has 9 heteroatoms. The first-order valence-electron chi connectivity index (χ1n) is 12.2. The van der Waals surface area contributed by atoms with Crippen molar-refractivity contribution in [3.63, 3.8) is 0 Å². The van der Waals surface area contributed by atoms with Crippen LogP contribution in [-0.4, -0.2) is 28.7 Å². The molecule has 3 aromatic rings. The van der Waals surface area contributed by atoms with E-state index in [1.807, 2.05) is 44.2 Å².